The number of hydrogen-bond acceptors (Lipinski definition) is 5. The maximum Gasteiger partial charge on any atom is 0.412 e. The van der Waals surface area contributed by atoms with E-state index in [1.807, 2.05) is 20.8 Å². The van der Waals surface area contributed by atoms with Crippen molar-refractivity contribution in [3.63, 3.8) is 0 Å². The second-order valence-electron chi connectivity index (χ2n) is 5.86. The van der Waals surface area contributed by atoms with Crippen LogP contribution in [0.2, 0.25) is 0 Å². The predicted octanol–water partition coefficient (Wildman–Crippen LogP) is 1.78. The van der Waals surface area contributed by atoms with Crippen LogP contribution in [-0.4, -0.2) is 49.1 Å². The van der Waals surface area contributed by atoms with E-state index < -0.39 is 23.8 Å². The Kier molecular flexibility index (Phi) is 4.45. The molecule has 0 aromatic heterocycles. The van der Waals surface area contributed by atoms with Crippen molar-refractivity contribution in [3.8, 4) is 0 Å². The maximum absolute atomic E-state index is 12.2. The third-order valence-electron chi connectivity index (χ3n) is 3.12. The van der Waals surface area contributed by atoms with Crippen molar-refractivity contribution in [1.82, 2.24) is 4.90 Å². The fourth-order valence-electron chi connectivity index (χ4n) is 2.15. The van der Waals surface area contributed by atoms with Gasteiger partial charge in [0.2, 0.25) is 0 Å². The molecule has 1 amide bonds. The van der Waals surface area contributed by atoms with Crippen LogP contribution in [0.1, 0.15) is 34.6 Å². The van der Waals surface area contributed by atoms with Crippen molar-refractivity contribution in [2.75, 3.05) is 20.3 Å². The average molecular weight is 273 g/mol. The summed E-state index contributed by atoms with van der Waals surface area (Å²) in [4.78, 5) is 25.5. The maximum atomic E-state index is 12.2. The molecule has 1 fully saturated rings. The van der Waals surface area contributed by atoms with Crippen molar-refractivity contribution in [2.24, 2.45) is 5.41 Å². The number of carbonyl (C=O) groups excluding carboxylic acids is 2. The molecule has 1 rings (SSSR count). The molecule has 0 bridgehead atoms. The van der Waals surface area contributed by atoms with E-state index in [1.54, 1.807) is 13.8 Å². The van der Waals surface area contributed by atoms with E-state index in [1.165, 1.54) is 12.0 Å². The molecule has 1 heterocycles. The summed E-state index contributed by atoms with van der Waals surface area (Å²) < 4.78 is 15.5. The van der Waals surface area contributed by atoms with Gasteiger partial charge < -0.3 is 14.2 Å². The van der Waals surface area contributed by atoms with Gasteiger partial charge in [0.15, 0.2) is 5.54 Å². The zero-order valence-corrected chi connectivity index (χ0v) is 12.5. The van der Waals surface area contributed by atoms with Gasteiger partial charge in [-0.1, -0.05) is 20.8 Å². The number of esters is 1. The van der Waals surface area contributed by atoms with Crippen LogP contribution in [0.15, 0.2) is 0 Å². The molecule has 19 heavy (non-hydrogen) atoms. The van der Waals surface area contributed by atoms with Gasteiger partial charge in [-0.3, -0.25) is 4.90 Å². The zero-order chi connectivity index (χ0) is 14.8. The smallest absolute Gasteiger partial charge is 0.412 e. The minimum absolute atomic E-state index is 0.0976. The molecular formula is C13H23NO5. The molecule has 6 nitrogen and oxygen atoms in total. The summed E-state index contributed by atoms with van der Waals surface area (Å²) in [6.45, 7) is 9.49. The monoisotopic (exact) mass is 273 g/mol. The Hall–Kier alpha value is -1.30. The van der Waals surface area contributed by atoms with E-state index in [4.69, 9.17) is 14.2 Å². The third kappa shape index (κ3) is 2.83. The van der Waals surface area contributed by atoms with Crippen molar-refractivity contribution in [3.05, 3.63) is 0 Å². The van der Waals surface area contributed by atoms with Crippen LogP contribution in [0, 0.1) is 5.41 Å². The van der Waals surface area contributed by atoms with E-state index in [2.05, 4.69) is 0 Å². The van der Waals surface area contributed by atoms with Crippen LogP contribution in [0.3, 0.4) is 0 Å². The molecule has 0 saturated carbocycles. The largest absolute Gasteiger partial charge is 0.467 e. The highest BCUT2D eigenvalue weighted by atomic mass is 16.6. The highest BCUT2D eigenvalue weighted by Crippen LogP contribution is 2.38. The Morgan fingerprint density at radius 2 is 2.00 bits per heavy atom. The molecule has 1 aliphatic heterocycles. The number of methoxy groups -OCH3 is 1. The molecule has 1 saturated heterocycles. The highest BCUT2D eigenvalue weighted by molar-refractivity contribution is 5.86. The summed E-state index contributed by atoms with van der Waals surface area (Å²) in [7, 11) is 1.29. The summed E-state index contributed by atoms with van der Waals surface area (Å²) in [5.74, 6) is -0.507. The van der Waals surface area contributed by atoms with Gasteiger partial charge in [0, 0.05) is 5.41 Å². The second-order valence-corrected chi connectivity index (χ2v) is 5.86. The van der Waals surface area contributed by atoms with E-state index >= 15 is 0 Å². The van der Waals surface area contributed by atoms with Crippen LogP contribution in [-0.2, 0) is 19.0 Å². The van der Waals surface area contributed by atoms with Gasteiger partial charge >= 0.3 is 12.1 Å². The van der Waals surface area contributed by atoms with Crippen LogP contribution in [0.4, 0.5) is 4.79 Å². The number of ether oxygens (including phenoxy) is 3. The molecule has 1 aliphatic rings. The number of nitrogens with zero attached hydrogens (tertiary/aromatic N) is 1. The van der Waals surface area contributed by atoms with Crippen LogP contribution in [0.25, 0.3) is 0 Å². The van der Waals surface area contributed by atoms with E-state index in [0.29, 0.717) is 0 Å². The van der Waals surface area contributed by atoms with E-state index in [-0.39, 0.29) is 18.6 Å². The molecule has 0 aromatic rings. The molecule has 2 atom stereocenters. The average Bonchev–Trinajstić information content (AvgIpc) is 2.67. The number of amides is 1. The van der Waals surface area contributed by atoms with Gasteiger partial charge in [-0.05, 0) is 13.8 Å². The minimum atomic E-state index is -1.15. The molecule has 0 aliphatic carbocycles. The molecule has 6 heteroatoms. The second kappa shape index (κ2) is 5.36. The molecule has 0 radical (unpaired) electrons. The Labute approximate surface area is 114 Å². The van der Waals surface area contributed by atoms with E-state index in [0.717, 1.165) is 0 Å². The predicted molar refractivity (Wildman–Crippen MR) is 68.5 cm³/mol. The first-order chi connectivity index (χ1) is 8.68. The molecule has 0 spiro atoms. The van der Waals surface area contributed by atoms with Crippen molar-refractivity contribution in [2.45, 2.75) is 46.4 Å². The quantitative estimate of drug-likeness (QED) is 0.717. The summed E-state index contributed by atoms with van der Waals surface area (Å²) in [6, 6.07) is 0. The first kappa shape index (κ1) is 15.8. The number of carbonyl (C=O) groups is 2. The highest BCUT2D eigenvalue weighted by Gasteiger charge is 2.56. The molecule has 0 N–H and O–H groups in total. The lowest BCUT2D eigenvalue weighted by Gasteiger charge is -2.38. The standard InChI is InChI=1S/C13H23NO5/c1-7-18-11(16)14-9(12(2,3)4)19-8-13(14,5)10(15)17-6/h9H,7-8H2,1-6H3. The Bertz CT molecular complexity index is 363. The minimum Gasteiger partial charge on any atom is -0.467 e. The van der Waals surface area contributed by atoms with Gasteiger partial charge in [-0.15, -0.1) is 0 Å². The Morgan fingerprint density at radius 3 is 2.42 bits per heavy atom. The SMILES string of the molecule is CCOC(=O)N1C(C(C)(C)C)OCC1(C)C(=O)OC. The molecule has 0 aromatic carbocycles. The van der Waals surface area contributed by atoms with Gasteiger partial charge in [0.1, 0.15) is 6.23 Å². The van der Waals surface area contributed by atoms with Gasteiger partial charge in [0.05, 0.1) is 20.3 Å². The first-order valence-corrected chi connectivity index (χ1v) is 6.34. The molecular weight excluding hydrogens is 250 g/mol. The lowest BCUT2D eigenvalue weighted by molar-refractivity contribution is -0.152. The Balaban J connectivity index is 3.14. The number of hydrogen-bond donors (Lipinski definition) is 0. The number of rotatable bonds is 2. The topological polar surface area (TPSA) is 65.1 Å². The van der Waals surface area contributed by atoms with Crippen LogP contribution in [0.5, 0.6) is 0 Å². The third-order valence-corrected chi connectivity index (χ3v) is 3.12. The van der Waals surface area contributed by atoms with Gasteiger partial charge in [0.25, 0.3) is 0 Å². The van der Waals surface area contributed by atoms with Gasteiger partial charge in [-0.25, -0.2) is 9.59 Å². The zero-order valence-electron chi connectivity index (χ0n) is 12.5. The van der Waals surface area contributed by atoms with Crippen LogP contribution >= 0.6 is 0 Å². The van der Waals surface area contributed by atoms with Gasteiger partial charge in [-0.2, -0.15) is 0 Å². The summed E-state index contributed by atoms with van der Waals surface area (Å²) in [5.41, 5.74) is -1.49. The van der Waals surface area contributed by atoms with E-state index in [9.17, 15) is 9.59 Å². The van der Waals surface area contributed by atoms with Crippen LogP contribution < -0.4 is 0 Å². The summed E-state index contributed by atoms with van der Waals surface area (Å²) >= 11 is 0. The first-order valence-electron chi connectivity index (χ1n) is 6.34. The lowest BCUT2D eigenvalue weighted by Crippen LogP contribution is -2.58. The molecule has 2 unspecified atom stereocenters. The fraction of sp³-hybridized carbons (Fsp3) is 0.846. The van der Waals surface area contributed by atoms with Crippen molar-refractivity contribution < 1.29 is 23.8 Å². The summed E-state index contributed by atoms with van der Waals surface area (Å²) in [6.07, 6.45) is -1.09. The normalized spacial score (nSPS) is 27.3. The molecule has 110 valence electrons. The Morgan fingerprint density at radius 1 is 1.42 bits per heavy atom. The lowest BCUT2D eigenvalue weighted by atomic mass is 9.91. The van der Waals surface area contributed by atoms with Crippen molar-refractivity contribution >= 4 is 12.1 Å². The van der Waals surface area contributed by atoms with Crippen molar-refractivity contribution in [1.29, 1.82) is 0 Å². The summed E-state index contributed by atoms with van der Waals surface area (Å²) in [5, 5.41) is 0. The fourth-order valence-corrected chi connectivity index (χ4v) is 2.15.